The summed E-state index contributed by atoms with van der Waals surface area (Å²) in [5, 5.41) is 1.20. The Balaban J connectivity index is 2.07. The maximum Gasteiger partial charge on any atom is 0.121 e. The average Bonchev–Trinajstić information content (AvgIpc) is 2.45. The summed E-state index contributed by atoms with van der Waals surface area (Å²) in [6.45, 7) is 0.377. The van der Waals surface area contributed by atoms with Gasteiger partial charge in [-0.3, -0.25) is 0 Å². The van der Waals surface area contributed by atoms with Crippen LogP contribution in [0.1, 0.15) is 11.1 Å². The third kappa shape index (κ3) is 4.35. The number of alkyl halides is 1. The van der Waals surface area contributed by atoms with Crippen LogP contribution in [0.3, 0.4) is 0 Å². The van der Waals surface area contributed by atoms with Gasteiger partial charge in [0.1, 0.15) is 12.4 Å². The number of ether oxygens (including phenoxy) is 1. The van der Waals surface area contributed by atoms with Gasteiger partial charge in [-0.1, -0.05) is 47.2 Å². The summed E-state index contributed by atoms with van der Waals surface area (Å²) in [5.41, 5.74) is 1.75. The highest BCUT2D eigenvalue weighted by Gasteiger charge is 2.02. The molecule has 0 aliphatic heterocycles. The van der Waals surface area contributed by atoms with Crippen LogP contribution >= 0.6 is 34.8 Å². The Kier molecular flexibility index (Phi) is 5.61. The quantitative estimate of drug-likeness (QED) is 0.559. The fourth-order valence-corrected chi connectivity index (χ4v) is 2.13. The van der Waals surface area contributed by atoms with E-state index in [0.29, 0.717) is 22.5 Å². The topological polar surface area (TPSA) is 9.23 Å². The first-order valence-corrected chi connectivity index (χ1v) is 7.19. The second-order valence-corrected chi connectivity index (χ2v) is 5.10. The summed E-state index contributed by atoms with van der Waals surface area (Å²) >= 11 is 17.5. The summed E-state index contributed by atoms with van der Waals surface area (Å²) in [5.74, 6) is 6.80. The van der Waals surface area contributed by atoms with Crippen LogP contribution in [0.2, 0.25) is 10.0 Å². The lowest BCUT2D eigenvalue weighted by Gasteiger charge is -2.08. The van der Waals surface area contributed by atoms with Crippen molar-refractivity contribution in [1.29, 1.82) is 0 Å². The molecule has 0 N–H and O–H groups in total. The van der Waals surface area contributed by atoms with Crippen LogP contribution in [0.5, 0.6) is 5.75 Å². The highest BCUT2D eigenvalue weighted by atomic mass is 35.5. The van der Waals surface area contributed by atoms with Crippen molar-refractivity contribution in [3.05, 3.63) is 63.6 Å². The van der Waals surface area contributed by atoms with Gasteiger partial charge in [-0.25, -0.2) is 0 Å². The average molecular weight is 326 g/mol. The van der Waals surface area contributed by atoms with E-state index < -0.39 is 0 Å². The van der Waals surface area contributed by atoms with Crippen molar-refractivity contribution in [1.82, 2.24) is 0 Å². The molecule has 0 bridgehead atoms. The molecule has 0 aliphatic carbocycles. The van der Waals surface area contributed by atoms with Crippen molar-refractivity contribution in [2.24, 2.45) is 0 Å². The van der Waals surface area contributed by atoms with Gasteiger partial charge in [-0.2, -0.15) is 0 Å². The maximum atomic E-state index is 6.09. The van der Waals surface area contributed by atoms with Crippen molar-refractivity contribution in [2.45, 2.75) is 6.61 Å². The molecular weight excluding hydrogens is 315 g/mol. The molecule has 0 aromatic heterocycles. The van der Waals surface area contributed by atoms with Gasteiger partial charge in [0.25, 0.3) is 0 Å². The first-order valence-electron chi connectivity index (χ1n) is 5.90. The first-order chi connectivity index (χ1) is 9.69. The monoisotopic (exact) mass is 324 g/mol. The van der Waals surface area contributed by atoms with Gasteiger partial charge in [0, 0.05) is 21.2 Å². The van der Waals surface area contributed by atoms with E-state index in [4.69, 9.17) is 39.5 Å². The van der Waals surface area contributed by atoms with Gasteiger partial charge < -0.3 is 4.74 Å². The standard InChI is InChI=1S/C16H11Cl3O/c17-8-2-4-12-3-1-5-15(9-12)20-11-13-6-7-14(18)10-16(13)19/h1,3,5-7,9-10H,8,11H2. The van der Waals surface area contributed by atoms with Gasteiger partial charge >= 0.3 is 0 Å². The van der Waals surface area contributed by atoms with Crippen LogP contribution in [0.25, 0.3) is 0 Å². The molecule has 4 heteroatoms. The van der Waals surface area contributed by atoms with E-state index in [1.54, 1.807) is 12.1 Å². The Labute approximate surface area is 133 Å². The Morgan fingerprint density at radius 3 is 2.65 bits per heavy atom. The fourth-order valence-electron chi connectivity index (χ4n) is 1.60. The summed E-state index contributed by atoms with van der Waals surface area (Å²) in [6.07, 6.45) is 0. The normalized spacial score (nSPS) is 9.75. The van der Waals surface area contributed by atoms with Gasteiger partial charge in [-0.15, -0.1) is 11.6 Å². The zero-order chi connectivity index (χ0) is 14.4. The van der Waals surface area contributed by atoms with Crippen LogP contribution in [-0.2, 0) is 6.61 Å². The molecule has 2 aromatic carbocycles. The molecular formula is C16H11Cl3O. The molecule has 0 aliphatic rings. The van der Waals surface area contributed by atoms with Crippen LogP contribution in [-0.4, -0.2) is 5.88 Å². The third-order valence-electron chi connectivity index (χ3n) is 2.54. The summed E-state index contributed by atoms with van der Waals surface area (Å²) in [6, 6.07) is 12.9. The highest BCUT2D eigenvalue weighted by molar-refractivity contribution is 6.35. The van der Waals surface area contributed by atoms with Crippen molar-refractivity contribution in [3.8, 4) is 17.6 Å². The smallest absolute Gasteiger partial charge is 0.121 e. The van der Waals surface area contributed by atoms with Crippen molar-refractivity contribution in [3.63, 3.8) is 0 Å². The summed E-state index contributed by atoms with van der Waals surface area (Å²) < 4.78 is 5.71. The molecule has 0 radical (unpaired) electrons. The summed E-state index contributed by atoms with van der Waals surface area (Å²) in [4.78, 5) is 0. The number of hydrogen-bond acceptors (Lipinski definition) is 1. The SMILES string of the molecule is ClCC#Cc1cccc(OCc2ccc(Cl)cc2Cl)c1. The number of rotatable bonds is 3. The van der Waals surface area contributed by atoms with Crippen LogP contribution in [0, 0.1) is 11.8 Å². The molecule has 0 spiro atoms. The van der Waals surface area contributed by atoms with Crippen molar-refractivity contribution in [2.75, 3.05) is 5.88 Å². The Morgan fingerprint density at radius 1 is 1.05 bits per heavy atom. The van der Waals surface area contributed by atoms with E-state index >= 15 is 0 Å². The minimum atomic E-state index is 0.311. The van der Waals surface area contributed by atoms with Gasteiger partial charge in [0.15, 0.2) is 0 Å². The van der Waals surface area contributed by atoms with Crippen LogP contribution in [0.15, 0.2) is 42.5 Å². The van der Waals surface area contributed by atoms with E-state index in [0.717, 1.165) is 16.9 Å². The van der Waals surface area contributed by atoms with Crippen molar-refractivity contribution < 1.29 is 4.74 Å². The summed E-state index contributed by atoms with van der Waals surface area (Å²) in [7, 11) is 0. The lowest BCUT2D eigenvalue weighted by molar-refractivity contribution is 0.306. The molecule has 102 valence electrons. The predicted octanol–water partition coefficient (Wildman–Crippen LogP) is 5.16. The molecule has 0 saturated carbocycles. The molecule has 1 nitrogen and oxygen atoms in total. The minimum absolute atomic E-state index is 0.311. The Hall–Kier alpha value is -1.33. The zero-order valence-corrected chi connectivity index (χ0v) is 12.8. The second kappa shape index (κ2) is 7.45. The molecule has 0 fully saturated rings. The number of benzene rings is 2. The van der Waals surface area contributed by atoms with Crippen LogP contribution < -0.4 is 4.74 Å². The van der Waals surface area contributed by atoms with E-state index in [-0.39, 0.29) is 0 Å². The molecule has 20 heavy (non-hydrogen) atoms. The lowest BCUT2D eigenvalue weighted by atomic mass is 10.2. The third-order valence-corrected chi connectivity index (χ3v) is 3.26. The molecule has 0 unspecified atom stereocenters. The van der Waals surface area contributed by atoms with Crippen molar-refractivity contribution >= 4 is 34.8 Å². The zero-order valence-electron chi connectivity index (χ0n) is 10.5. The Morgan fingerprint density at radius 2 is 1.90 bits per heavy atom. The van der Waals surface area contributed by atoms with E-state index in [9.17, 15) is 0 Å². The largest absolute Gasteiger partial charge is 0.489 e. The van der Waals surface area contributed by atoms with E-state index in [1.165, 1.54) is 0 Å². The van der Waals surface area contributed by atoms with Gasteiger partial charge in [-0.05, 0) is 30.3 Å². The molecule has 2 rings (SSSR count). The molecule has 2 aromatic rings. The molecule has 0 atom stereocenters. The molecule has 0 heterocycles. The van der Waals surface area contributed by atoms with Gasteiger partial charge in [0.2, 0.25) is 0 Å². The van der Waals surface area contributed by atoms with E-state index in [1.807, 2.05) is 30.3 Å². The molecule has 0 amide bonds. The predicted molar refractivity (Wildman–Crippen MR) is 84.8 cm³/mol. The number of hydrogen-bond donors (Lipinski definition) is 0. The van der Waals surface area contributed by atoms with Crippen LogP contribution in [0.4, 0.5) is 0 Å². The second-order valence-electron chi connectivity index (χ2n) is 3.99. The van der Waals surface area contributed by atoms with E-state index in [2.05, 4.69) is 11.8 Å². The highest BCUT2D eigenvalue weighted by Crippen LogP contribution is 2.23. The molecule has 0 saturated heterocycles. The first kappa shape index (κ1) is 15.1. The lowest BCUT2D eigenvalue weighted by Crippen LogP contribution is -1.96. The fraction of sp³-hybridized carbons (Fsp3) is 0.125. The Bertz CT molecular complexity index is 656. The number of halogens is 3. The maximum absolute atomic E-state index is 6.09. The minimum Gasteiger partial charge on any atom is -0.489 e. The van der Waals surface area contributed by atoms with Gasteiger partial charge in [0.05, 0.1) is 5.88 Å².